The van der Waals surface area contributed by atoms with Crippen molar-refractivity contribution in [1.82, 2.24) is 4.57 Å². The third kappa shape index (κ3) is 1.84. The Balaban J connectivity index is 2.58. The maximum Gasteiger partial charge on any atom is 0.243 e. The molecule has 0 amide bonds. The molecule has 0 bridgehead atoms. The average molecular weight is 141 g/mol. The van der Waals surface area contributed by atoms with E-state index in [1.54, 1.807) is 6.92 Å². The molecule has 0 spiro atoms. The first-order valence-corrected chi connectivity index (χ1v) is 3.37. The van der Waals surface area contributed by atoms with E-state index in [9.17, 15) is 0 Å². The van der Waals surface area contributed by atoms with Gasteiger partial charge < -0.3 is 5.11 Å². The summed E-state index contributed by atoms with van der Waals surface area (Å²) in [6.45, 7) is 2.45. The number of aliphatic hydroxyl groups is 1. The van der Waals surface area contributed by atoms with Crippen LogP contribution in [0.3, 0.4) is 0 Å². The Hall–Kier alpha value is -0.830. The highest BCUT2D eigenvalue weighted by molar-refractivity contribution is 4.66. The van der Waals surface area contributed by atoms with Crippen LogP contribution in [0.25, 0.3) is 0 Å². The number of aromatic nitrogens is 2. The van der Waals surface area contributed by atoms with Gasteiger partial charge in [0, 0.05) is 0 Å². The van der Waals surface area contributed by atoms with Crippen molar-refractivity contribution in [3.63, 3.8) is 0 Å². The number of imidazole rings is 1. The van der Waals surface area contributed by atoms with Gasteiger partial charge in [0.1, 0.15) is 18.9 Å². The summed E-state index contributed by atoms with van der Waals surface area (Å²) in [4.78, 5) is 0. The molecular weight excluding hydrogens is 128 g/mol. The topological polar surface area (TPSA) is 29.0 Å². The number of hydrogen-bond donors (Lipinski definition) is 1. The maximum atomic E-state index is 8.98. The minimum absolute atomic E-state index is 0.271. The second kappa shape index (κ2) is 2.84. The van der Waals surface area contributed by atoms with Crippen molar-refractivity contribution in [2.24, 2.45) is 7.05 Å². The lowest BCUT2D eigenvalue weighted by Crippen LogP contribution is -2.24. The highest BCUT2D eigenvalue weighted by Gasteiger charge is 2.02. The van der Waals surface area contributed by atoms with Crippen molar-refractivity contribution in [1.29, 1.82) is 0 Å². The number of hydrogen-bond acceptors (Lipinski definition) is 1. The molecule has 0 aromatic carbocycles. The van der Waals surface area contributed by atoms with Crippen LogP contribution in [0.2, 0.25) is 0 Å². The fourth-order valence-electron chi connectivity index (χ4n) is 0.915. The van der Waals surface area contributed by atoms with E-state index in [0.717, 1.165) is 0 Å². The normalized spacial score (nSPS) is 13.5. The van der Waals surface area contributed by atoms with Gasteiger partial charge in [-0.2, -0.15) is 0 Å². The van der Waals surface area contributed by atoms with Gasteiger partial charge >= 0.3 is 0 Å². The number of rotatable bonds is 2. The second-order valence-electron chi connectivity index (χ2n) is 2.62. The zero-order chi connectivity index (χ0) is 7.56. The smallest absolute Gasteiger partial charge is 0.243 e. The Bertz CT molecular complexity index is 205. The predicted molar refractivity (Wildman–Crippen MR) is 37.3 cm³/mol. The Labute approximate surface area is 60.5 Å². The average Bonchev–Trinajstić information content (AvgIpc) is 2.13. The van der Waals surface area contributed by atoms with Crippen molar-refractivity contribution < 1.29 is 9.67 Å². The fourth-order valence-corrected chi connectivity index (χ4v) is 0.915. The van der Waals surface area contributed by atoms with Crippen molar-refractivity contribution in [3.05, 3.63) is 18.7 Å². The monoisotopic (exact) mass is 141 g/mol. The van der Waals surface area contributed by atoms with E-state index in [1.807, 2.05) is 34.9 Å². The molecular formula is C7H13N2O+. The molecule has 0 saturated heterocycles. The molecule has 10 heavy (non-hydrogen) atoms. The summed E-state index contributed by atoms with van der Waals surface area (Å²) in [6, 6.07) is 0. The molecule has 0 aliphatic carbocycles. The predicted octanol–water partition coefficient (Wildman–Crippen LogP) is -0.307. The first-order chi connectivity index (χ1) is 4.68. The number of aliphatic hydroxyl groups excluding tert-OH is 1. The summed E-state index contributed by atoms with van der Waals surface area (Å²) in [5.41, 5.74) is 0. The SMILES string of the molecule is C[C@H](O)Cn1cc[n+](C)c1. The zero-order valence-electron chi connectivity index (χ0n) is 6.36. The lowest BCUT2D eigenvalue weighted by molar-refractivity contribution is -0.671. The van der Waals surface area contributed by atoms with Crippen LogP contribution in [-0.2, 0) is 13.6 Å². The molecule has 1 rings (SSSR count). The molecule has 1 aromatic heterocycles. The van der Waals surface area contributed by atoms with Gasteiger partial charge in [-0.05, 0) is 6.92 Å². The van der Waals surface area contributed by atoms with Gasteiger partial charge in [-0.3, -0.25) is 0 Å². The molecule has 0 radical (unpaired) electrons. The summed E-state index contributed by atoms with van der Waals surface area (Å²) in [7, 11) is 1.96. The third-order valence-electron chi connectivity index (χ3n) is 1.30. The standard InChI is InChI=1S/C7H13N2O/c1-7(10)5-9-4-3-8(2)6-9/h3-4,6-7,10H,5H2,1-2H3/q+1/t7-/m0/s1. The summed E-state index contributed by atoms with van der Waals surface area (Å²) < 4.78 is 3.90. The summed E-state index contributed by atoms with van der Waals surface area (Å²) in [5.74, 6) is 0. The minimum Gasteiger partial charge on any atom is -0.389 e. The van der Waals surface area contributed by atoms with E-state index < -0.39 is 0 Å². The summed E-state index contributed by atoms with van der Waals surface area (Å²) >= 11 is 0. The molecule has 0 aliphatic heterocycles. The number of aryl methyl sites for hydroxylation is 1. The quantitative estimate of drug-likeness (QED) is 0.562. The van der Waals surface area contributed by atoms with Crippen LogP contribution in [0.1, 0.15) is 6.92 Å². The Morgan fingerprint density at radius 3 is 2.80 bits per heavy atom. The van der Waals surface area contributed by atoms with Gasteiger partial charge in [0.2, 0.25) is 6.33 Å². The van der Waals surface area contributed by atoms with Crippen molar-refractivity contribution in [3.8, 4) is 0 Å². The first kappa shape index (κ1) is 7.28. The van der Waals surface area contributed by atoms with E-state index in [4.69, 9.17) is 5.11 Å². The number of nitrogens with zero attached hydrogens (tertiary/aromatic N) is 2. The molecule has 0 saturated carbocycles. The van der Waals surface area contributed by atoms with Crippen LogP contribution in [0.15, 0.2) is 18.7 Å². The van der Waals surface area contributed by atoms with E-state index in [-0.39, 0.29) is 6.10 Å². The summed E-state index contributed by atoms with van der Waals surface area (Å²) in [6.07, 6.45) is 5.55. The van der Waals surface area contributed by atoms with Gasteiger partial charge in [-0.25, -0.2) is 9.13 Å². The Kier molecular flexibility index (Phi) is 2.06. The molecule has 1 heterocycles. The molecule has 3 heteroatoms. The highest BCUT2D eigenvalue weighted by Crippen LogP contribution is 1.87. The fraction of sp³-hybridized carbons (Fsp3) is 0.571. The van der Waals surface area contributed by atoms with Crippen LogP contribution >= 0.6 is 0 Å². The molecule has 0 unspecified atom stereocenters. The van der Waals surface area contributed by atoms with Gasteiger partial charge in [-0.15, -0.1) is 0 Å². The van der Waals surface area contributed by atoms with E-state index >= 15 is 0 Å². The Morgan fingerprint density at radius 2 is 2.40 bits per heavy atom. The van der Waals surface area contributed by atoms with Crippen LogP contribution in [0.4, 0.5) is 0 Å². The molecule has 1 N–H and O–H groups in total. The van der Waals surface area contributed by atoms with Crippen LogP contribution in [-0.4, -0.2) is 15.8 Å². The third-order valence-corrected chi connectivity index (χ3v) is 1.30. The Morgan fingerprint density at radius 1 is 1.70 bits per heavy atom. The van der Waals surface area contributed by atoms with Crippen molar-refractivity contribution in [2.75, 3.05) is 0 Å². The lowest BCUT2D eigenvalue weighted by Gasteiger charge is -1.97. The van der Waals surface area contributed by atoms with Gasteiger partial charge in [-0.1, -0.05) is 0 Å². The molecule has 0 aliphatic rings. The lowest BCUT2D eigenvalue weighted by atomic mass is 10.4. The maximum absolute atomic E-state index is 8.98. The van der Waals surface area contributed by atoms with Crippen molar-refractivity contribution in [2.45, 2.75) is 19.6 Å². The molecule has 56 valence electrons. The minimum atomic E-state index is -0.271. The van der Waals surface area contributed by atoms with Crippen molar-refractivity contribution >= 4 is 0 Å². The molecule has 3 nitrogen and oxygen atoms in total. The van der Waals surface area contributed by atoms with Gasteiger partial charge in [0.25, 0.3) is 0 Å². The van der Waals surface area contributed by atoms with Gasteiger partial charge in [0.05, 0.1) is 13.2 Å². The van der Waals surface area contributed by atoms with Crippen LogP contribution in [0.5, 0.6) is 0 Å². The van der Waals surface area contributed by atoms with E-state index in [0.29, 0.717) is 6.54 Å². The molecule has 0 fully saturated rings. The molecule has 1 aromatic rings. The summed E-state index contributed by atoms with van der Waals surface area (Å²) in [5, 5.41) is 8.98. The highest BCUT2D eigenvalue weighted by atomic mass is 16.3. The zero-order valence-corrected chi connectivity index (χ0v) is 6.36. The second-order valence-corrected chi connectivity index (χ2v) is 2.62. The van der Waals surface area contributed by atoms with Crippen LogP contribution in [0, 0.1) is 0 Å². The van der Waals surface area contributed by atoms with Crippen LogP contribution < -0.4 is 4.57 Å². The molecule has 1 atom stereocenters. The first-order valence-electron chi connectivity index (χ1n) is 3.37. The van der Waals surface area contributed by atoms with Gasteiger partial charge in [0.15, 0.2) is 0 Å². The van der Waals surface area contributed by atoms with E-state index in [2.05, 4.69) is 0 Å². The largest absolute Gasteiger partial charge is 0.389 e. The van der Waals surface area contributed by atoms with E-state index in [1.165, 1.54) is 0 Å².